The molecule has 6 heteroatoms. The molecule has 1 aromatic carbocycles. The van der Waals surface area contributed by atoms with Crippen molar-refractivity contribution in [1.29, 1.82) is 0 Å². The minimum absolute atomic E-state index is 0.474. The second-order valence-corrected chi connectivity index (χ2v) is 2.77. The lowest BCUT2D eigenvalue weighted by Gasteiger charge is -1.96. The number of rotatable bonds is 1. The highest BCUT2D eigenvalue weighted by atomic mass is 32.2. The molecule has 0 heterocycles. The van der Waals surface area contributed by atoms with E-state index in [-0.39, 0.29) is 0 Å². The molecule has 0 saturated heterocycles. The van der Waals surface area contributed by atoms with Crippen molar-refractivity contribution < 1.29 is 18.8 Å². The van der Waals surface area contributed by atoms with Crippen LogP contribution in [0.2, 0.25) is 0 Å². The molecule has 0 aliphatic carbocycles. The number of hydrogen-bond acceptors (Lipinski definition) is 3. The minimum atomic E-state index is -0.750. The molecule has 0 radical (unpaired) electrons. The monoisotopic (exact) mass is 206 g/mol. The summed E-state index contributed by atoms with van der Waals surface area (Å²) in [7, 11) is -0.750. The van der Waals surface area contributed by atoms with Crippen LogP contribution >= 0.6 is 11.8 Å². The Morgan fingerprint density at radius 2 is 1.85 bits per heavy atom. The van der Waals surface area contributed by atoms with Gasteiger partial charge in [0.1, 0.15) is 11.6 Å². The normalized spacial score (nSPS) is 8.69. The Hall–Kier alpha value is -0.585. The average molecular weight is 206 g/mol. The predicted molar refractivity (Wildman–Crippen MR) is 49.7 cm³/mol. The van der Waals surface area contributed by atoms with E-state index in [1.165, 1.54) is 23.9 Å². The second-order valence-electron chi connectivity index (χ2n) is 1.92. The van der Waals surface area contributed by atoms with Crippen molar-refractivity contribution in [3.8, 4) is 0 Å². The van der Waals surface area contributed by atoms with E-state index < -0.39 is 19.3 Å². The number of hydrogen-bond donors (Lipinski definition) is 2. The SMILES string of the molecule is CSc1ccc(F)cc1F.OBO. The van der Waals surface area contributed by atoms with E-state index in [4.69, 9.17) is 10.0 Å². The number of benzene rings is 1. The summed E-state index contributed by atoms with van der Waals surface area (Å²) in [6, 6.07) is 3.55. The first-order valence-corrected chi connectivity index (χ1v) is 4.59. The summed E-state index contributed by atoms with van der Waals surface area (Å²) in [6.45, 7) is 0. The van der Waals surface area contributed by atoms with Crippen LogP contribution in [-0.2, 0) is 0 Å². The molecule has 13 heavy (non-hydrogen) atoms. The molecule has 2 nitrogen and oxygen atoms in total. The van der Waals surface area contributed by atoms with Crippen LogP contribution in [0.25, 0.3) is 0 Å². The van der Waals surface area contributed by atoms with Gasteiger partial charge in [0.25, 0.3) is 0 Å². The van der Waals surface area contributed by atoms with Gasteiger partial charge >= 0.3 is 7.69 Å². The van der Waals surface area contributed by atoms with Crippen molar-refractivity contribution in [3.63, 3.8) is 0 Å². The van der Waals surface area contributed by atoms with Gasteiger partial charge in [0.05, 0.1) is 0 Å². The van der Waals surface area contributed by atoms with Gasteiger partial charge in [-0.05, 0) is 18.4 Å². The average Bonchev–Trinajstić information content (AvgIpc) is 2.06. The lowest BCUT2D eigenvalue weighted by atomic mass is 10.3. The van der Waals surface area contributed by atoms with Crippen LogP contribution in [0, 0.1) is 11.6 Å². The summed E-state index contributed by atoms with van der Waals surface area (Å²) >= 11 is 1.26. The molecule has 1 aromatic rings. The summed E-state index contributed by atoms with van der Waals surface area (Å²) < 4.78 is 24.8. The molecular formula is C7H9BF2O2S. The number of halogens is 2. The van der Waals surface area contributed by atoms with Crippen LogP contribution in [0.5, 0.6) is 0 Å². The lowest BCUT2D eigenvalue weighted by molar-refractivity contribution is 0.448. The van der Waals surface area contributed by atoms with Crippen LogP contribution in [0.15, 0.2) is 23.1 Å². The first-order valence-electron chi connectivity index (χ1n) is 3.36. The minimum Gasteiger partial charge on any atom is -0.430 e. The Kier molecular flexibility index (Phi) is 6.57. The van der Waals surface area contributed by atoms with Gasteiger partial charge in [-0.25, -0.2) is 8.78 Å². The van der Waals surface area contributed by atoms with Crippen LogP contribution in [0.4, 0.5) is 8.78 Å². The Labute approximate surface area is 79.9 Å². The van der Waals surface area contributed by atoms with Gasteiger partial charge in [-0.15, -0.1) is 11.8 Å². The fourth-order valence-electron chi connectivity index (χ4n) is 0.641. The third-order valence-corrected chi connectivity index (χ3v) is 1.88. The second kappa shape index (κ2) is 6.88. The van der Waals surface area contributed by atoms with Crippen molar-refractivity contribution >= 4 is 19.4 Å². The van der Waals surface area contributed by atoms with Gasteiger partial charge in [0.15, 0.2) is 0 Å². The van der Waals surface area contributed by atoms with Crippen molar-refractivity contribution in [2.75, 3.05) is 6.26 Å². The van der Waals surface area contributed by atoms with Gasteiger partial charge < -0.3 is 10.0 Å². The zero-order valence-corrected chi connectivity index (χ0v) is 7.81. The van der Waals surface area contributed by atoms with E-state index in [0.29, 0.717) is 4.90 Å². The standard InChI is InChI=1S/C7H6F2S.BH3O2/c1-10-7-3-2-5(8)4-6(7)9;2-1-3/h2-4H,1H3;1-3H. The van der Waals surface area contributed by atoms with Crippen molar-refractivity contribution in [2.24, 2.45) is 0 Å². The topological polar surface area (TPSA) is 40.5 Å². The summed E-state index contributed by atoms with van der Waals surface area (Å²) in [5.74, 6) is -1.03. The fourth-order valence-corrected chi connectivity index (χ4v) is 1.10. The smallest absolute Gasteiger partial charge is 0.430 e. The predicted octanol–water partition coefficient (Wildman–Crippen LogP) is 0.924. The molecule has 1 rings (SSSR count). The molecule has 72 valence electrons. The summed E-state index contributed by atoms with van der Waals surface area (Å²) in [4.78, 5) is 0.474. The maximum Gasteiger partial charge on any atom is 0.432 e. The maximum atomic E-state index is 12.6. The molecule has 0 aromatic heterocycles. The van der Waals surface area contributed by atoms with Crippen molar-refractivity contribution in [3.05, 3.63) is 29.8 Å². The van der Waals surface area contributed by atoms with E-state index in [1.807, 2.05) is 0 Å². The lowest BCUT2D eigenvalue weighted by Crippen LogP contribution is -1.81. The highest BCUT2D eigenvalue weighted by molar-refractivity contribution is 7.98. The molecule has 0 unspecified atom stereocenters. The largest absolute Gasteiger partial charge is 0.432 e. The van der Waals surface area contributed by atoms with E-state index >= 15 is 0 Å². The fraction of sp³-hybridized carbons (Fsp3) is 0.143. The van der Waals surface area contributed by atoms with Gasteiger partial charge in [-0.2, -0.15) is 0 Å². The van der Waals surface area contributed by atoms with E-state index in [1.54, 1.807) is 6.26 Å². The molecule has 0 aliphatic heterocycles. The Morgan fingerprint density at radius 1 is 1.31 bits per heavy atom. The van der Waals surface area contributed by atoms with Crippen molar-refractivity contribution in [1.82, 2.24) is 0 Å². The molecule has 0 amide bonds. The third-order valence-electron chi connectivity index (χ3n) is 1.11. The quantitative estimate of drug-likeness (QED) is 0.530. The first-order chi connectivity index (χ1) is 6.15. The molecule has 0 saturated carbocycles. The molecule has 0 spiro atoms. The Morgan fingerprint density at radius 3 is 2.23 bits per heavy atom. The van der Waals surface area contributed by atoms with E-state index in [9.17, 15) is 8.78 Å². The molecule has 0 atom stereocenters. The zero-order valence-electron chi connectivity index (χ0n) is 7.00. The zero-order chi connectivity index (χ0) is 10.3. The molecule has 0 bridgehead atoms. The summed E-state index contributed by atoms with van der Waals surface area (Å²) in [5, 5.41) is 14.2. The Bertz CT molecular complexity index is 260. The third kappa shape index (κ3) is 4.87. The highest BCUT2D eigenvalue weighted by Gasteiger charge is 2.00. The first kappa shape index (κ1) is 12.4. The van der Waals surface area contributed by atoms with E-state index in [0.717, 1.165) is 6.07 Å². The summed E-state index contributed by atoms with van der Waals surface area (Å²) in [5.41, 5.74) is 0. The molecular weight excluding hydrogens is 197 g/mol. The van der Waals surface area contributed by atoms with Crippen LogP contribution in [0.1, 0.15) is 0 Å². The molecule has 2 N–H and O–H groups in total. The van der Waals surface area contributed by atoms with Crippen LogP contribution in [0.3, 0.4) is 0 Å². The van der Waals surface area contributed by atoms with Crippen LogP contribution < -0.4 is 0 Å². The Balaban J connectivity index is 0.000000424. The highest BCUT2D eigenvalue weighted by Crippen LogP contribution is 2.18. The van der Waals surface area contributed by atoms with Gasteiger partial charge in [-0.3, -0.25) is 0 Å². The maximum absolute atomic E-state index is 12.6. The van der Waals surface area contributed by atoms with Gasteiger partial charge in [0.2, 0.25) is 0 Å². The van der Waals surface area contributed by atoms with Crippen molar-refractivity contribution in [2.45, 2.75) is 4.90 Å². The van der Waals surface area contributed by atoms with Gasteiger partial charge in [-0.1, -0.05) is 0 Å². The van der Waals surface area contributed by atoms with E-state index in [2.05, 4.69) is 0 Å². The number of thioether (sulfide) groups is 1. The molecule has 0 fully saturated rings. The summed E-state index contributed by atoms with van der Waals surface area (Å²) in [6.07, 6.45) is 1.75. The van der Waals surface area contributed by atoms with Gasteiger partial charge in [0, 0.05) is 11.0 Å². The van der Waals surface area contributed by atoms with Crippen LogP contribution in [-0.4, -0.2) is 24.0 Å². The molecule has 0 aliphatic rings.